The molecule has 0 N–H and O–H groups in total. The molecule has 1 rings (SSSR count). The van der Waals surface area contributed by atoms with Gasteiger partial charge in [0.15, 0.2) is 0 Å². The first-order valence-corrected chi connectivity index (χ1v) is 5.41. The minimum atomic E-state index is -3.11. The van der Waals surface area contributed by atoms with Gasteiger partial charge in [-0.05, 0) is 6.92 Å². The Balaban J connectivity index is -0.000000166. The van der Waals surface area contributed by atoms with Gasteiger partial charge in [0.25, 0.3) is 0 Å². The van der Waals surface area contributed by atoms with Crippen molar-refractivity contribution in [3.8, 4) is 0 Å². The minimum Gasteiger partial charge on any atom is -0.784 e. The molecule has 0 aliphatic rings. The number of rotatable bonds is 0. The third kappa shape index (κ3) is 36.5. The molecule has 0 saturated heterocycles. The van der Waals surface area contributed by atoms with Crippen LogP contribution in [0, 0.1) is 6.92 Å². The third-order valence-electron chi connectivity index (χ3n) is 0.940. The van der Waals surface area contributed by atoms with Crippen LogP contribution in [0.1, 0.15) is 5.56 Å². The molecule has 0 aliphatic heterocycles. The van der Waals surface area contributed by atoms with E-state index in [0.717, 1.165) is 0 Å². The van der Waals surface area contributed by atoms with Crippen LogP contribution in [0.4, 0.5) is 0 Å². The quantitative estimate of drug-likeness (QED) is 0.473. The fraction of sp³-hybridized carbons (Fsp3) is 0.143. The van der Waals surface area contributed by atoms with Crippen LogP contribution in [0.5, 0.6) is 0 Å². The summed E-state index contributed by atoms with van der Waals surface area (Å²) in [5.41, 5.74) is 1.32. The summed E-state index contributed by atoms with van der Waals surface area (Å²) >= 11 is -6.22. The molecule has 16 heavy (non-hydrogen) atoms. The van der Waals surface area contributed by atoms with Crippen LogP contribution in [0.25, 0.3) is 0 Å². The first-order chi connectivity index (χ1) is 6.86. The molecular formula is C7H8CaO6S2-2. The van der Waals surface area contributed by atoms with E-state index in [1.807, 2.05) is 18.2 Å². The molecule has 0 atom stereocenters. The molecule has 0 bridgehead atoms. The van der Waals surface area contributed by atoms with Gasteiger partial charge in [0, 0.05) is 0 Å². The summed E-state index contributed by atoms with van der Waals surface area (Å²) in [5.74, 6) is 0. The Morgan fingerprint density at radius 3 is 1.25 bits per heavy atom. The fourth-order valence-corrected chi connectivity index (χ4v) is 0.534. The number of aryl methyl sites for hydroxylation is 1. The molecule has 0 aliphatic carbocycles. The summed E-state index contributed by atoms with van der Waals surface area (Å²) in [6, 6.07) is 10.3. The molecule has 1 aromatic carbocycles. The summed E-state index contributed by atoms with van der Waals surface area (Å²) in [5, 5.41) is 0. The maximum Gasteiger partial charge on any atom is 2.00 e. The van der Waals surface area contributed by atoms with Crippen molar-refractivity contribution in [2.45, 2.75) is 6.92 Å². The van der Waals surface area contributed by atoms with Crippen molar-refractivity contribution < 1.29 is 26.6 Å². The van der Waals surface area contributed by atoms with Crippen molar-refractivity contribution >= 4 is 60.5 Å². The molecule has 6 nitrogen and oxygen atoms in total. The largest absolute Gasteiger partial charge is 2.00 e. The van der Waals surface area contributed by atoms with Gasteiger partial charge in [0.05, 0.1) is 0 Å². The number of benzene rings is 1. The molecular weight excluding hydrogens is 284 g/mol. The maximum absolute atomic E-state index is 8.44. The number of hydrogen-bond acceptors (Lipinski definition) is 6. The van der Waals surface area contributed by atoms with Crippen molar-refractivity contribution in [3.63, 3.8) is 0 Å². The monoisotopic (exact) mass is 292 g/mol. The van der Waals surface area contributed by atoms with E-state index in [1.54, 1.807) is 0 Å². The maximum atomic E-state index is 8.44. The summed E-state index contributed by atoms with van der Waals surface area (Å²) in [4.78, 5) is 0. The van der Waals surface area contributed by atoms with Crippen molar-refractivity contribution in [1.29, 1.82) is 0 Å². The fourth-order valence-electron chi connectivity index (χ4n) is 0.534. The minimum absolute atomic E-state index is 0. The second-order valence-electron chi connectivity index (χ2n) is 2.06. The molecule has 0 unspecified atom stereocenters. The molecule has 0 amide bonds. The molecule has 0 aromatic heterocycles. The Hall–Kier alpha value is 0.620. The van der Waals surface area contributed by atoms with Gasteiger partial charge >= 0.3 is 37.7 Å². The van der Waals surface area contributed by atoms with Crippen molar-refractivity contribution in [2.24, 2.45) is 0 Å². The predicted octanol–water partition coefficient (Wildman–Crippen LogP) is -0.394. The van der Waals surface area contributed by atoms with Crippen LogP contribution >= 0.6 is 0 Å². The summed E-state index contributed by atoms with van der Waals surface area (Å²) in [6.45, 7) is 2.08. The Labute approximate surface area is 129 Å². The summed E-state index contributed by atoms with van der Waals surface area (Å²) in [7, 11) is 0. The van der Waals surface area contributed by atoms with E-state index in [9.17, 15) is 0 Å². The Morgan fingerprint density at radius 1 is 0.875 bits per heavy atom. The second-order valence-corrected chi connectivity index (χ2v) is 2.88. The third-order valence-corrected chi connectivity index (χ3v) is 0.940. The van der Waals surface area contributed by atoms with E-state index < -0.39 is 22.7 Å². The first kappa shape index (κ1) is 21.9. The van der Waals surface area contributed by atoms with Gasteiger partial charge < -0.3 is 18.2 Å². The predicted molar refractivity (Wildman–Crippen MR) is 56.3 cm³/mol. The SMILES string of the molecule is Cc1ccccc1.O=S([O-])[O-].O=S([O-])[O-].[Ca+2]. The molecule has 1 aromatic rings. The zero-order valence-electron chi connectivity index (χ0n) is 8.36. The smallest absolute Gasteiger partial charge is 0.784 e. The molecule has 0 fully saturated rings. The Bertz CT molecular complexity index is 274. The summed E-state index contributed by atoms with van der Waals surface area (Å²) < 4.78 is 50.7. The molecule has 88 valence electrons. The zero-order valence-corrected chi connectivity index (χ0v) is 12.2. The van der Waals surface area contributed by atoms with Crippen LogP contribution in [-0.4, -0.2) is 64.4 Å². The standard InChI is InChI=1S/C7H8.Ca.2H2O3S/c1-7-5-3-2-4-6-7;;2*1-4(2)3/h2-6H,1H3;;2*(H2,1,2,3)/q;+2;;/p-4. The van der Waals surface area contributed by atoms with E-state index in [2.05, 4.69) is 19.1 Å². The van der Waals surface area contributed by atoms with Crippen LogP contribution in [0.15, 0.2) is 30.3 Å². The topological polar surface area (TPSA) is 126 Å². The Kier molecular flexibility index (Phi) is 21.3. The first-order valence-electron chi connectivity index (χ1n) is 3.41. The normalized spacial score (nSPS) is 8.19. The van der Waals surface area contributed by atoms with Crippen LogP contribution in [0.2, 0.25) is 0 Å². The van der Waals surface area contributed by atoms with Gasteiger partial charge in [-0.1, -0.05) is 35.9 Å². The molecule has 9 heteroatoms. The van der Waals surface area contributed by atoms with Crippen LogP contribution in [0.3, 0.4) is 0 Å². The zero-order chi connectivity index (χ0) is 12.3. The van der Waals surface area contributed by atoms with E-state index in [0.29, 0.717) is 0 Å². The second kappa shape index (κ2) is 15.6. The van der Waals surface area contributed by atoms with Gasteiger partial charge in [0.2, 0.25) is 0 Å². The van der Waals surface area contributed by atoms with Gasteiger partial charge in [-0.15, -0.1) is 22.7 Å². The number of hydrogen-bond donors (Lipinski definition) is 0. The van der Waals surface area contributed by atoms with Crippen molar-refractivity contribution in [3.05, 3.63) is 35.9 Å². The van der Waals surface area contributed by atoms with E-state index in [4.69, 9.17) is 26.6 Å². The van der Waals surface area contributed by atoms with Gasteiger partial charge in [-0.3, -0.25) is 8.42 Å². The molecule has 0 saturated carbocycles. The van der Waals surface area contributed by atoms with Crippen molar-refractivity contribution in [1.82, 2.24) is 0 Å². The van der Waals surface area contributed by atoms with E-state index in [-0.39, 0.29) is 37.7 Å². The molecule has 0 radical (unpaired) electrons. The van der Waals surface area contributed by atoms with Crippen LogP contribution < -0.4 is 0 Å². The van der Waals surface area contributed by atoms with Gasteiger partial charge in [-0.2, -0.15) is 0 Å². The molecule has 0 spiro atoms. The van der Waals surface area contributed by atoms with Gasteiger partial charge in [0.1, 0.15) is 0 Å². The van der Waals surface area contributed by atoms with Crippen molar-refractivity contribution in [2.75, 3.05) is 0 Å². The van der Waals surface area contributed by atoms with E-state index in [1.165, 1.54) is 5.56 Å². The Morgan fingerprint density at radius 2 is 1.12 bits per heavy atom. The summed E-state index contributed by atoms with van der Waals surface area (Å²) in [6.07, 6.45) is 0. The average molecular weight is 292 g/mol. The van der Waals surface area contributed by atoms with Gasteiger partial charge in [-0.25, -0.2) is 0 Å². The molecule has 0 heterocycles. The van der Waals surface area contributed by atoms with Crippen LogP contribution in [-0.2, 0) is 22.7 Å². The van der Waals surface area contributed by atoms with E-state index >= 15 is 0 Å². The average Bonchev–Trinajstić information content (AvgIpc) is 2.03.